The molecular formula is C37H23N3. The number of hydrogen-bond acceptors (Lipinski definition) is 1. The fraction of sp³-hybridized carbons (Fsp3) is 0. The number of nitrogens with zero attached hydrogens (tertiary/aromatic N) is 3. The molecule has 0 aliphatic carbocycles. The van der Waals surface area contributed by atoms with Crippen molar-refractivity contribution >= 4 is 43.6 Å². The van der Waals surface area contributed by atoms with Crippen LogP contribution in [0, 0.1) is 11.3 Å². The average molecular weight is 510 g/mol. The van der Waals surface area contributed by atoms with Crippen LogP contribution in [-0.4, -0.2) is 9.13 Å². The minimum atomic E-state index is 0.703. The number of hydrogen-bond donors (Lipinski definition) is 0. The molecule has 2 heterocycles. The van der Waals surface area contributed by atoms with E-state index in [2.05, 4.69) is 143 Å². The SMILES string of the molecule is N#Cc1c(-c2ccc3c(c2)c2ccccc2n3-c2ccccc2)ccc2c1c1ccccc1n2-c1ccccc1. The van der Waals surface area contributed by atoms with Gasteiger partial charge < -0.3 is 9.13 Å². The van der Waals surface area contributed by atoms with Crippen molar-refractivity contribution in [2.75, 3.05) is 0 Å². The largest absolute Gasteiger partial charge is 0.309 e. The van der Waals surface area contributed by atoms with Crippen molar-refractivity contribution in [3.05, 3.63) is 145 Å². The second-order valence-electron chi connectivity index (χ2n) is 10.1. The van der Waals surface area contributed by atoms with Crippen LogP contribution in [0.4, 0.5) is 0 Å². The molecule has 0 spiro atoms. The van der Waals surface area contributed by atoms with Crippen LogP contribution in [0.2, 0.25) is 0 Å². The number of rotatable bonds is 3. The summed E-state index contributed by atoms with van der Waals surface area (Å²) in [4.78, 5) is 0. The van der Waals surface area contributed by atoms with Gasteiger partial charge in [-0.2, -0.15) is 5.26 Å². The normalized spacial score (nSPS) is 11.5. The Hall–Kier alpha value is -5.59. The summed E-state index contributed by atoms with van der Waals surface area (Å²) in [6, 6.07) is 51.2. The maximum atomic E-state index is 10.6. The zero-order chi connectivity index (χ0) is 26.6. The first-order valence-corrected chi connectivity index (χ1v) is 13.4. The quantitative estimate of drug-likeness (QED) is 0.233. The zero-order valence-electron chi connectivity index (χ0n) is 21.6. The molecule has 8 aromatic rings. The van der Waals surface area contributed by atoms with Crippen LogP contribution in [-0.2, 0) is 0 Å². The molecule has 0 bridgehead atoms. The fourth-order valence-corrected chi connectivity index (χ4v) is 6.27. The molecule has 0 radical (unpaired) electrons. The molecule has 0 saturated carbocycles. The summed E-state index contributed by atoms with van der Waals surface area (Å²) in [5, 5.41) is 15.0. The first kappa shape index (κ1) is 22.4. The molecule has 2 aromatic heterocycles. The van der Waals surface area contributed by atoms with Crippen molar-refractivity contribution in [3.63, 3.8) is 0 Å². The zero-order valence-corrected chi connectivity index (χ0v) is 21.6. The topological polar surface area (TPSA) is 33.6 Å². The molecule has 0 unspecified atom stereocenters. The number of fused-ring (bicyclic) bond motifs is 6. The molecule has 0 amide bonds. The number of benzene rings is 6. The van der Waals surface area contributed by atoms with E-state index >= 15 is 0 Å². The Morgan fingerprint density at radius 2 is 0.975 bits per heavy atom. The van der Waals surface area contributed by atoms with Gasteiger partial charge in [-0.3, -0.25) is 0 Å². The molecule has 186 valence electrons. The van der Waals surface area contributed by atoms with Gasteiger partial charge in [0.05, 0.1) is 27.6 Å². The summed E-state index contributed by atoms with van der Waals surface area (Å²) < 4.78 is 4.57. The highest BCUT2D eigenvalue weighted by Gasteiger charge is 2.19. The summed E-state index contributed by atoms with van der Waals surface area (Å²) in [6.45, 7) is 0. The predicted molar refractivity (Wildman–Crippen MR) is 165 cm³/mol. The fourth-order valence-electron chi connectivity index (χ4n) is 6.27. The lowest BCUT2D eigenvalue weighted by molar-refractivity contribution is 1.18. The van der Waals surface area contributed by atoms with Crippen LogP contribution in [0.1, 0.15) is 5.56 Å². The lowest BCUT2D eigenvalue weighted by Crippen LogP contribution is -1.94. The van der Waals surface area contributed by atoms with Crippen LogP contribution >= 0.6 is 0 Å². The van der Waals surface area contributed by atoms with Gasteiger partial charge in [-0.15, -0.1) is 0 Å². The first-order valence-electron chi connectivity index (χ1n) is 13.4. The predicted octanol–water partition coefficient (Wildman–Crippen LogP) is 9.42. The molecule has 3 nitrogen and oxygen atoms in total. The van der Waals surface area contributed by atoms with Crippen molar-refractivity contribution in [2.45, 2.75) is 0 Å². The second-order valence-corrected chi connectivity index (χ2v) is 10.1. The first-order chi connectivity index (χ1) is 19.8. The third-order valence-corrected chi connectivity index (χ3v) is 7.96. The molecule has 40 heavy (non-hydrogen) atoms. The van der Waals surface area contributed by atoms with Crippen LogP contribution in [0.15, 0.2) is 140 Å². The number of nitriles is 1. The minimum Gasteiger partial charge on any atom is -0.309 e. The molecule has 6 aromatic carbocycles. The maximum absolute atomic E-state index is 10.6. The van der Waals surface area contributed by atoms with Crippen LogP contribution in [0.5, 0.6) is 0 Å². The molecule has 0 atom stereocenters. The summed E-state index contributed by atoms with van der Waals surface area (Å²) in [7, 11) is 0. The van der Waals surface area contributed by atoms with Crippen LogP contribution < -0.4 is 0 Å². The third kappa shape index (κ3) is 3.17. The second kappa shape index (κ2) is 8.73. The summed E-state index contributed by atoms with van der Waals surface area (Å²) in [5.41, 5.74) is 9.36. The lowest BCUT2D eigenvalue weighted by Gasteiger charge is -2.10. The third-order valence-electron chi connectivity index (χ3n) is 7.96. The van der Waals surface area contributed by atoms with Crippen LogP contribution in [0.25, 0.3) is 66.1 Å². The van der Waals surface area contributed by atoms with Gasteiger partial charge in [0, 0.05) is 38.5 Å². The molecule has 0 saturated heterocycles. The monoisotopic (exact) mass is 509 g/mol. The molecular weight excluding hydrogens is 486 g/mol. The van der Waals surface area contributed by atoms with Crippen molar-refractivity contribution in [1.82, 2.24) is 9.13 Å². The highest BCUT2D eigenvalue weighted by atomic mass is 15.0. The van der Waals surface area contributed by atoms with Gasteiger partial charge >= 0.3 is 0 Å². The lowest BCUT2D eigenvalue weighted by atomic mass is 9.95. The Bertz CT molecular complexity index is 2260. The van der Waals surface area contributed by atoms with Gasteiger partial charge in [-0.1, -0.05) is 84.9 Å². The Morgan fingerprint density at radius 3 is 1.65 bits per heavy atom. The van der Waals surface area contributed by atoms with E-state index in [1.807, 2.05) is 12.1 Å². The number of aromatic nitrogens is 2. The Balaban J connectivity index is 1.42. The Kier molecular flexibility index (Phi) is 4.89. The molecule has 0 N–H and O–H groups in total. The average Bonchev–Trinajstić information content (AvgIpc) is 3.54. The Labute approximate surface area is 231 Å². The van der Waals surface area contributed by atoms with Gasteiger partial charge in [-0.25, -0.2) is 0 Å². The van der Waals surface area contributed by atoms with Gasteiger partial charge in [-0.05, 0) is 60.2 Å². The van der Waals surface area contributed by atoms with E-state index in [4.69, 9.17) is 0 Å². The molecule has 3 heteroatoms. The maximum Gasteiger partial charge on any atom is 0.101 e. The smallest absolute Gasteiger partial charge is 0.101 e. The van der Waals surface area contributed by atoms with Gasteiger partial charge in [0.2, 0.25) is 0 Å². The molecule has 0 aliphatic heterocycles. The van der Waals surface area contributed by atoms with Crippen molar-refractivity contribution in [1.29, 1.82) is 5.26 Å². The standard InChI is InChI=1S/C37H23N3/c38-24-32-28(20-22-36-37(32)30-16-8-10-18-34(30)40(36)27-13-5-2-6-14-27)25-19-21-35-31(23-25)29-15-7-9-17-33(29)39(35)26-11-3-1-4-12-26/h1-23H. The molecule has 8 rings (SSSR count). The van der Waals surface area contributed by atoms with Gasteiger partial charge in [0.15, 0.2) is 0 Å². The van der Waals surface area contributed by atoms with E-state index in [0.29, 0.717) is 5.56 Å². The van der Waals surface area contributed by atoms with Gasteiger partial charge in [0.25, 0.3) is 0 Å². The highest BCUT2D eigenvalue weighted by Crippen LogP contribution is 2.40. The molecule has 0 fully saturated rings. The van der Waals surface area contributed by atoms with Crippen molar-refractivity contribution < 1.29 is 0 Å². The van der Waals surface area contributed by atoms with E-state index in [9.17, 15) is 5.26 Å². The number of para-hydroxylation sites is 4. The van der Waals surface area contributed by atoms with E-state index in [0.717, 1.165) is 49.8 Å². The molecule has 0 aliphatic rings. The minimum absolute atomic E-state index is 0.703. The Morgan fingerprint density at radius 1 is 0.450 bits per heavy atom. The van der Waals surface area contributed by atoms with E-state index < -0.39 is 0 Å². The summed E-state index contributed by atoms with van der Waals surface area (Å²) >= 11 is 0. The van der Waals surface area contributed by atoms with Crippen LogP contribution in [0.3, 0.4) is 0 Å². The van der Waals surface area contributed by atoms with E-state index in [1.54, 1.807) is 0 Å². The van der Waals surface area contributed by atoms with E-state index in [-0.39, 0.29) is 0 Å². The summed E-state index contributed by atoms with van der Waals surface area (Å²) in [5.74, 6) is 0. The van der Waals surface area contributed by atoms with Gasteiger partial charge in [0.1, 0.15) is 6.07 Å². The summed E-state index contributed by atoms with van der Waals surface area (Å²) in [6.07, 6.45) is 0. The van der Waals surface area contributed by atoms with E-state index in [1.165, 1.54) is 16.3 Å². The highest BCUT2D eigenvalue weighted by molar-refractivity contribution is 6.15. The van der Waals surface area contributed by atoms with Crippen molar-refractivity contribution in [3.8, 4) is 28.6 Å². The van der Waals surface area contributed by atoms with Crippen molar-refractivity contribution in [2.24, 2.45) is 0 Å².